The Hall–Kier alpha value is -0.610. The van der Waals surface area contributed by atoms with Gasteiger partial charge in [0.05, 0.1) is 26.2 Å². The topological polar surface area (TPSA) is 38.5 Å². The van der Waals surface area contributed by atoms with Gasteiger partial charge in [0.15, 0.2) is 0 Å². The maximum absolute atomic E-state index is 11.5. The summed E-state index contributed by atoms with van der Waals surface area (Å²) in [6.45, 7) is 9.51. The van der Waals surface area contributed by atoms with Gasteiger partial charge in [-0.05, 0) is 12.3 Å². The fraction of sp³-hybridized carbons (Fsp3) is 0.933. The van der Waals surface area contributed by atoms with Crippen LogP contribution in [0.1, 0.15) is 46.0 Å². The van der Waals surface area contributed by atoms with Crippen LogP contribution in [0.15, 0.2) is 0 Å². The predicted molar refractivity (Wildman–Crippen MR) is 76.1 cm³/mol. The highest BCUT2D eigenvalue weighted by molar-refractivity contribution is 5.69. The van der Waals surface area contributed by atoms with Crippen molar-refractivity contribution in [1.29, 1.82) is 0 Å². The van der Waals surface area contributed by atoms with Crippen LogP contribution in [-0.2, 0) is 14.3 Å². The van der Waals surface area contributed by atoms with Gasteiger partial charge in [-0.2, -0.15) is 0 Å². The Balaban J connectivity index is 1.92. The fourth-order valence-electron chi connectivity index (χ4n) is 1.93. The molecule has 1 unspecified atom stereocenters. The first kappa shape index (κ1) is 16.4. The highest BCUT2D eigenvalue weighted by atomic mass is 16.5. The minimum absolute atomic E-state index is 0.123. The Labute approximate surface area is 117 Å². The molecule has 1 rings (SSSR count). The molecule has 0 bridgehead atoms. The Morgan fingerprint density at radius 2 is 2.05 bits per heavy atom. The second-order valence-corrected chi connectivity index (χ2v) is 5.30. The van der Waals surface area contributed by atoms with Crippen molar-refractivity contribution in [1.82, 2.24) is 4.90 Å². The SMILES string of the molecule is CCCCC(CC)COC(=O)CCOCCN1CC1. The molecule has 1 aliphatic heterocycles. The van der Waals surface area contributed by atoms with Crippen molar-refractivity contribution in [3.63, 3.8) is 0 Å². The summed E-state index contributed by atoms with van der Waals surface area (Å²) >= 11 is 0. The summed E-state index contributed by atoms with van der Waals surface area (Å²) < 4.78 is 10.7. The summed E-state index contributed by atoms with van der Waals surface area (Å²) in [5.41, 5.74) is 0. The van der Waals surface area contributed by atoms with Crippen molar-refractivity contribution in [2.45, 2.75) is 46.0 Å². The van der Waals surface area contributed by atoms with E-state index in [0.29, 0.717) is 25.6 Å². The third kappa shape index (κ3) is 9.00. The molecule has 1 saturated heterocycles. The number of carbonyl (C=O) groups excluding carboxylic acids is 1. The molecule has 0 spiro atoms. The van der Waals surface area contributed by atoms with E-state index in [2.05, 4.69) is 18.7 Å². The minimum Gasteiger partial charge on any atom is -0.465 e. The maximum atomic E-state index is 11.5. The number of hydrogen-bond donors (Lipinski definition) is 0. The van der Waals surface area contributed by atoms with Crippen molar-refractivity contribution >= 4 is 5.97 Å². The van der Waals surface area contributed by atoms with E-state index in [4.69, 9.17) is 9.47 Å². The van der Waals surface area contributed by atoms with Crippen LogP contribution in [0.4, 0.5) is 0 Å². The van der Waals surface area contributed by atoms with Gasteiger partial charge < -0.3 is 9.47 Å². The van der Waals surface area contributed by atoms with Crippen LogP contribution in [0.2, 0.25) is 0 Å². The van der Waals surface area contributed by atoms with Gasteiger partial charge >= 0.3 is 5.97 Å². The minimum atomic E-state index is -0.123. The molecule has 1 atom stereocenters. The van der Waals surface area contributed by atoms with Crippen molar-refractivity contribution in [2.75, 3.05) is 39.5 Å². The van der Waals surface area contributed by atoms with E-state index in [1.54, 1.807) is 0 Å². The van der Waals surface area contributed by atoms with E-state index < -0.39 is 0 Å². The van der Waals surface area contributed by atoms with Crippen LogP contribution < -0.4 is 0 Å². The lowest BCUT2D eigenvalue weighted by atomic mass is 10.0. The number of esters is 1. The number of ether oxygens (including phenoxy) is 2. The molecule has 0 aromatic carbocycles. The van der Waals surface area contributed by atoms with E-state index in [1.807, 2.05) is 0 Å². The standard InChI is InChI=1S/C15H29NO3/c1-3-5-6-14(4-2)13-19-15(17)7-11-18-12-10-16-8-9-16/h14H,3-13H2,1-2H3. The molecule has 4 nitrogen and oxygen atoms in total. The summed E-state index contributed by atoms with van der Waals surface area (Å²) in [6.07, 6.45) is 5.04. The van der Waals surface area contributed by atoms with Crippen LogP contribution in [0.3, 0.4) is 0 Å². The zero-order valence-corrected chi connectivity index (χ0v) is 12.5. The van der Waals surface area contributed by atoms with Gasteiger partial charge in [-0.3, -0.25) is 9.69 Å². The monoisotopic (exact) mass is 271 g/mol. The van der Waals surface area contributed by atoms with Gasteiger partial charge in [0.2, 0.25) is 0 Å². The van der Waals surface area contributed by atoms with E-state index in [9.17, 15) is 4.79 Å². The van der Waals surface area contributed by atoms with Crippen molar-refractivity contribution < 1.29 is 14.3 Å². The molecule has 0 aromatic heterocycles. The number of carbonyl (C=O) groups is 1. The normalized spacial score (nSPS) is 16.3. The summed E-state index contributed by atoms with van der Waals surface area (Å²) in [5, 5.41) is 0. The quantitative estimate of drug-likeness (QED) is 0.310. The van der Waals surface area contributed by atoms with Crippen LogP contribution in [0.25, 0.3) is 0 Å². The van der Waals surface area contributed by atoms with E-state index in [-0.39, 0.29) is 5.97 Å². The second-order valence-electron chi connectivity index (χ2n) is 5.30. The molecular weight excluding hydrogens is 242 g/mol. The molecule has 19 heavy (non-hydrogen) atoms. The van der Waals surface area contributed by atoms with Crippen molar-refractivity contribution in [3.05, 3.63) is 0 Å². The lowest BCUT2D eigenvalue weighted by Gasteiger charge is -2.14. The van der Waals surface area contributed by atoms with Gasteiger partial charge in [-0.25, -0.2) is 0 Å². The van der Waals surface area contributed by atoms with Gasteiger partial charge in [0, 0.05) is 19.6 Å². The molecule has 0 saturated carbocycles. The average molecular weight is 271 g/mol. The van der Waals surface area contributed by atoms with E-state index in [0.717, 1.165) is 26.0 Å². The first-order valence-corrected chi connectivity index (χ1v) is 7.72. The zero-order chi connectivity index (χ0) is 13.9. The molecule has 112 valence electrons. The van der Waals surface area contributed by atoms with Crippen molar-refractivity contribution in [2.24, 2.45) is 5.92 Å². The summed E-state index contributed by atoms with van der Waals surface area (Å²) in [7, 11) is 0. The van der Waals surface area contributed by atoms with Crippen LogP contribution in [-0.4, -0.2) is 50.3 Å². The first-order valence-electron chi connectivity index (χ1n) is 7.72. The zero-order valence-electron chi connectivity index (χ0n) is 12.5. The molecule has 1 aliphatic rings. The largest absolute Gasteiger partial charge is 0.465 e. The molecule has 0 amide bonds. The Bertz CT molecular complexity index is 242. The fourth-order valence-corrected chi connectivity index (χ4v) is 1.93. The highest BCUT2D eigenvalue weighted by Gasteiger charge is 2.15. The van der Waals surface area contributed by atoms with Crippen LogP contribution in [0.5, 0.6) is 0 Å². The molecule has 0 radical (unpaired) electrons. The summed E-state index contributed by atoms with van der Waals surface area (Å²) in [6, 6.07) is 0. The molecule has 0 aromatic rings. The smallest absolute Gasteiger partial charge is 0.308 e. The third-order valence-corrected chi connectivity index (χ3v) is 3.57. The van der Waals surface area contributed by atoms with Crippen LogP contribution in [0, 0.1) is 5.92 Å². The average Bonchev–Trinajstić information content (AvgIpc) is 3.22. The number of hydrogen-bond acceptors (Lipinski definition) is 4. The number of rotatable bonds is 12. The lowest BCUT2D eigenvalue weighted by molar-refractivity contribution is -0.146. The van der Waals surface area contributed by atoms with Gasteiger partial charge in [0.1, 0.15) is 0 Å². The van der Waals surface area contributed by atoms with Crippen molar-refractivity contribution in [3.8, 4) is 0 Å². The van der Waals surface area contributed by atoms with Gasteiger partial charge in [-0.1, -0.05) is 33.1 Å². The molecular formula is C15H29NO3. The van der Waals surface area contributed by atoms with Gasteiger partial charge in [-0.15, -0.1) is 0 Å². The number of unbranched alkanes of at least 4 members (excludes halogenated alkanes) is 1. The van der Waals surface area contributed by atoms with Gasteiger partial charge in [0.25, 0.3) is 0 Å². The Morgan fingerprint density at radius 1 is 1.26 bits per heavy atom. The Morgan fingerprint density at radius 3 is 2.68 bits per heavy atom. The molecule has 1 fully saturated rings. The summed E-state index contributed by atoms with van der Waals surface area (Å²) in [4.78, 5) is 13.8. The maximum Gasteiger partial charge on any atom is 0.308 e. The molecule has 0 aliphatic carbocycles. The molecule has 0 N–H and O–H groups in total. The molecule has 4 heteroatoms. The van der Waals surface area contributed by atoms with E-state index >= 15 is 0 Å². The first-order chi connectivity index (χ1) is 9.26. The third-order valence-electron chi connectivity index (χ3n) is 3.57. The molecule has 1 heterocycles. The predicted octanol–water partition coefficient (Wildman–Crippen LogP) is 2.47. The highest BCUT2D eigenvalue weighted by Crippen LogP contribution is 2.13. The van der Waals surface area contributed by atoms with E-state index in [1.165, 1.54) is 25.9 Å². The number of nitrogens with zero attached hydrogens (tertiary/aromatic N) is 1. The van der Waals surface area contributed by atoms with Crippen LogP contribution >= 0.6 is 0 Å². The lowest BCUT2D eigenvalue weighted by Crippen LogP contribution is -2.16. The summed E-state index contributed by atoms with van der Waals surface area (Å²) in [5.74, 6) is 0.397. The second kappa shape index (κ2) is 10.2. The Kier molecular flexibility index (Phi) is 8.84.